The molecule has 2 heterocycles. The van der Waals surface area contributed by atoms with Crippen molar-refractivity contribution in [3.05, 3.63) is 54.1 Å². The lowest BCUT2D eigenvalue weighted by Crippen LogP contribution is -2.62. The number of tetrazole rings is 1. The number of nitrogens with one attached hydrogen (secondary N) is 1. The Hall–Kier alpha value is -3.92. The Bertz CT molecular complexity index is 1290. The van der Waals surface area contributed by atoms with Crippen molar-refractivity contribution in [2.75, 3.05) is 6.54 Å². The van der Waals surface area contributed by atoms with Crippen LogP contribution in [0.5, 0.6) is 0 Å². The largest absolute Gasteiger partial charge is 0.478 e. The summed E-state index contributed by atoms with van der Waals surface area (Å²) in [6.45, 7) is 6.20. The zero-order chi connectivity index (χ0) is 26.6. The van der Waals surface area contributed by atoms with E-state index in [1.807, 2.05) is 55.5 Å². The van der Waals surface area contributed by atoms with Gasteiger partial charge in [-0.25, -0.2) is 4.79 Å². The summed E-state index contributed by atoms with van der Waals surface area (Å²) in [6.07, 6.45) is 2.03. The monoisotopic (exact) mass is 504 g/mol. The van der Waals surface area contributed by atoms with Crippen LogP contribution in [0, 0.1) is 5.92 Å². The van der Waals surface area contributed by atoms with Gasteiger partial charge in [0, 0.05) is 31.0 Å². The van der Waals surface area contributed by atoms with Gasteiger partial charge in [0.15, 0.2) is 11.5 Å². The van der Waals surface area contributed by atoms with Crippen molar-refractivity contribution in [2.24, 2.45) is 5.92 Å². The summed E-state index contributed by atoms with van der Waals surface area (Å²) in [6, 6.07) is 15.3. The maximum Gasteiger partial charge on any atom is 0.344 e. The van der Waals surface area contributed by atoms with Crippen molar-refractivity contribution < 1.29 is 19.5 Å². The van der Waals surface area contributed by atoms with Gasteiger partial charge in [-0.05, 0) is 46.4 Å². The Morgan fingerprint density at radius 1 is 1.08 bits per heavy atom. The molecule has 10 heteroatoms. The van der Waals surface area contributed by atoms with E-state index in [1.54, 1.807) is 13.8 Å². The van der Waals surface area contributed by atoms with Crippen LogP contribution in [0.4, 0.5) is 0 Å². The lowest BCUT2D eigenvalue weighted by molar-refractivity contribution is -0.160. The summed E-state index contributed by atoms with van der Waals surface area (Å²) >= 11 is 0. The number of benzene rings is 2. The van der Waals surface area contributed by atoms with E-state index in [4.69, 9.17) is 0 Å². The first kappa shape index (κ1) is 26.2. The van der Waals surface area contributed by atoms with Crippen LogP contribution in [0.25, 0.3) is 22.5 Å². The number of carboxylic acids is 1. The second kappa shape index (κ2) is 11.0. The van der Waals surface area contributed by atoms with E-state index < -0.39 is 11.6 Å². The number of amides is 1. The molecule has 0 saturated carbocycles. The summed E-state index contributed by atoms with van der Waals surface area (Å²) in [5.74, 6) is -1.27. The molecule has 1 unspecified atom stereocenters. The van der Waals surface area contributed by atoms with Crippen LogP contribution >= 0.6 is 0 Å². The van der Waals surface area contributed by atoms with Gasteiger partial charge in [0.05, 0.1) is 0 Å². The standard InChI is InChI=1S/C27H32N6O4/c1-4-8-23(34)33-24(29-30-31-33)22-10-6-5-9-21(22)20-13-11-19(12-14-20)17-28-27(26(36)37)15-7-16-32(27)25(35)18(2)3/h5-6,9-14,18,28H,4,7-8,15-17H2,1-3H3,(H,36,37). The van der Waals surface area contributed by atoms with Crippen molar-refractivity contribution in [3.8, 4) is 22.5 Å². The SMILES string of the molecule is CCCC(=O)n1nnnc1-c1ccccc1-c1ccc(CNC2(C(=O)O)CCCN2C(=O)C(C)C)cc1. The molecule has 0 aliphatic carbocycles. The number of nitrogens with zero attached hydrogens (tertiary/aromatic N) is 5. The molecular weight excluding hydrogens is 472 g/mol. The van der Waals surface area contributed by atoms with Gasteiger partial charge in [-0.1, -0.05) is 69.3 Å². The number of aliphatic carboxylic acids is 1. The van der Waals surface area contributed by atoms with Crippen LogP contribution in [0.1, 0.15) is 56.8 Å². The first-order valence-electron chi connectivity index (χ1n) is 12.6. The van der Waals surface area contributed by atoms with Crippen LogP contribution in [-0.4, -0.2) is 60.2 Å². The highest BCUT2D eigenvalue weighted by atomic mass is 16.4. The average Bonchev–Trinajstić information content (AvgIpc) is 3.56. The van der Waals surface area contributed by atoms with Gasteiger partial charge >= 0.3 is 5.97 Å². The molecule has 0 radical (unpaired) electrons. The first-order chi connectivity index (χ1) is 17.8. The second-order valence-corrected chi connectivity index (χ2v) is 9.57. The predicted octanol–water partition coefficient (Wildman–Crippen LogP) is 3.60. The third-order valence-corrected chi connectivity index (χ3v) is 6.68. The fourth-order valence-corrected chi connectivity index (χ4v) is 4.73. The number of rotatable bonds is 9. The highest BCUT2D eigenvalue weighted by Crippen LogP contribution is 2.32. The second-order valence-electron chi connectivity index (χ2n) is 9.57. The molecule has 1 saturated heterocycles. The van der Waals surface area contributed by atoms with Crippen LogP contribution < -0.4 is 5.32 Å². The first-order valence-corrected chi connectivity index (χ1v) is 12.6. The molecule has 0 spiro atoms. The van der Waals surface area contributed by atoms with Crippen LogP contribution in [0.2, 0.25) is 0 Å². The van der Waals surface area contributed by atoms with Crippen molar-refractivity contribution in [3.63, 3.8) is 0 Å². The number of likely N-dealkylation sites (tertiary alicyclic amines) is 1. The van der Waals surface area contributed by atoms with E-state index in [2.05, 4.69) is 20.8 Å². The van der Waals surface area contributed by atoms with Gasteiger partial charge < -0.3 is 10.0 Å². The van der Waals surface area contributed by atoms with E-state index in [1.165, 1.54) is 9.58 Å². The molecule has 2 N–H and O–H groups in total. The molecule has 1 aliphatic heterocycles. The van der Waals surface area contributed by atoms with Gasteiger partial charge in [0.25, 0.3) is 0 Å². The molecule has 4 rings (SSSR count). The topological polar surface area (TPSA) is 130 Å². The number of hydrogen-bond donors (Lipinski definition) is 2. The smallest absolute Gasteiger partial charge is 0.344 e. The van der Waals surface area contributed by atoms with Crippen LogP contribution in [-0.2, 0) is 16.1 Å². The average molecular weight is 505 g/mol. The van der Waals surface area contributed by atoms with Gasteiger partial charge in [-0.2, -0.15) is 4.68 Å². The molecule has 1 fully saturated rings. The fourth-order valence-electron chi connectivity index (χ4n) is 4.73. The summed E-state index contributed by atoms with van der Waals surface area (Å²) in [5, 5.41) is 24.9. The van der Waals surface area contributed by atoms with Crippen LogP contribution in [0.15, 0.2) is 48.5 Å². The Morgan fingerprint density at radius 3 is 2.43 bits per heavy atom. The van der Waals surface area contributed by atoms with Gasteiger partial charge in [0.1, 0.15) is 0 Å². The molecule has 2 aromatic carbocycles. The maximum atomic E-state index is 12.7. The molecule has 194 valence electrons. The molecule has 1 aliphatic rings. The van der Waals surface area contributed by atoms with Gasteiger partial charge in [0.2, 0.25) is 11.8 Å². The van der Waals surface area contributed by atoms with Gasteiger partial charge in [-0.15, -0.1) is 5.10 Å². The number of carboxylic acid groups (broad SMARTS) is 1. The maximum absolute atomic E-state index is 12.7. The Morgan fingerprint density at radius 2 is 1.78 bits per heavy atom. The summed E-state index contributed by atoms with van der Waals surface area (Å²) in [5.41, 5.74) is 1.99. The Labute approximate surface area is 215 Å². The normalized spacial score (nSPS) is 17.4. The molecule has 1 amide bonds. The summed E-state index contributed by atoms with van der Waals surface area (Å²) in [7, 11) is 0. The van der Waals surface area contributed by atoms with Crippen molar-refractivity contribution in [2.45, 2.75) is 58.7 Å². The van der Waals surface area contributed by atoms with E-state index in [0.717, 1.165) is 22.3 Å². The van der Waals surface area contributed by atoms with Crippen LogP contribution in [0.3, 0.4) is 0 Å². The molecule has 10 nitrogen and oxygen atoms in total. The summed E-state index contributed by atoms with van der Waals surface area (Å²) < 4.78 is 1.25. The van der Waals surface area contributed by atoms with E-state index >= 15 is 0 Å². The molecule has 1 atom stereocenters. The zero-order valence-electron chi connectivity index (χ0n) is 21.3. The van der Waals surface area contributed by atoms with Crippen molar-refractivity contribution in [1.82, 2.24) is 30.4 Å². The zero-order valence-corrected chi connectivity index (χ0v) is 21.3. The van der Waals surface area contributed by atoms with E-state index in [9.17, 15) is 19.5 Å². The third kappa shape index (κ3) is 5.15. The summed E-state index contributed by atoms with van der Waals surface area (Å²) in [4.78, 5) is 38.9. The third-order valence-electron chi connectivity index (χ3n) is 6.68. The molecule has 3 aromatic rings. The highest BCUT2D eigenvalue weighted by Gasteiger charge is 2.50. The predicted molar refractivity (Wildman–Crippen MR) is 137 cm³/mol. The minimum absolute atomic E-state index is 0.164. The Balaban J connectivity index is 1.57. The minimum atomic E-state index is -1.41. The fraction of sp³-hybridized carbons (Fsp3) is 0.407. The van der Waals surface area contributed by atoms with E-state index in [-0.39, 0.29) is 17.7 Å². The molecule has 0 bridgehead atoms. The number of carbonyl (C=O) groups is 3. The molecule has 1 aromatic heterocycles. The van der Waals surface area contributed by atoms with Gasteiger partial charge in [-0.3, -0.25) is 14.9 Å². The van der Waals surface area contributed by atoms with Crippen molar-refractivity contribution in [1.29, 1.82) is 0 Å². The number of carbonyl (C=O) groups excluding carboxylic acids is 2. The van der Waals surface area contributed by atoms with E-state index in [0.29, 0.717) is 44.6 Å². The minimum Gasteiger partial charge on any atom is -0.478 e. The number of hydrogen-bond acceptors (Lipinski definition) is 7. The quantitative estimate of drug-likeness (QED) is 0.423. The Kier molecular flexibility index (Phi) is 7.77. The molecule has 37 heavy (non-hydrogen) atoms. The molecular formula is C27H32N6O4. The number of aromatic nitrogens is 4. The lowest BCUT2D eigenvalue weighted by Gasteiger charge is -2.36. The highest BCUT2D eigenvalue weighted by molar-refractivity contribution is 5.88. The lowest BCUT2D eigenvalue weighted by atomic mass is 9.98. The van der Waals surface area contributed by atoms with Crippen molar-refractivity contribution >= 4 is 17.8 Å².